The summed E-state index contributed by atoms with van der Waals surface area (Å²) >= 11 is 0. The van der Waals surface area contributed by atoms with Crippen molar-refractivity contribution in [2.75, 3.05) is 6.67 Å². The van der Waals surface area contributed by atoms with Crippen LogP contribution >= 0.6 is 0 Å². The van der Waals surface area contributed by atoms with Crippen molar-refractivity contribution in [3.63, 3.8) is 0 Å². The van der Waals surface area contributed by atoms with Crippen LogP contribution in [0, 0.1) is 11.8 Å². The Morgan fingerprint density at radius 2 is 2.00 bits per heavy atom. The van der Waals surface area contributed by atoms with Gasteiger partial charge in [0, 0.05) is 13.1 Å². The molecule has 8 nitrogen and oxygen atoms in total. The van der Waals surface area contributed by atoms with Gasteiger partial charge in [0.2, 0.25) is 0 Å². The fourth-order valence-electron chi connectivity index (χ4n) is 2.11. The summed E-state index contributed by atoms with van der Waals surface area (Å²) in [6, 6.07) is 7.31. The lowest BCUT2D eigenvalue weighted by molar-refractivity contribution is -0.134. The third kappa shape index (κ3) is 4.67. The van der Waals surface area contributed by atoms with E-state index in [0.717, 1.165) is 12.4 Å². The van der Waals surface area contributed by atoms with E-state index in [1.165, 1.54) is 6.20 Å². The van der Waals surface area contributed by atoms with Gasteiger partial charge < -0.3 is 14.7 Å². The maximum absolute atomic E-state index is 12.7. The minimum absolute atomic E-state index is 0.110. The van der Waals surface area contributed by atoms with Gasteiger partial charge in [0.15, 0.2) is 5.82 Å². The topological polar surface area (TPSA) is 121 Å². The van der Waals surface area contributed by atoms with Crippen LogP contribution in [0.1, 0.15) is 18.3 Å². The van der Waals surface area contributed by atoms with Crippen molar-refractivity contribution in [1.82, 2.24) is 19.5 Å². The molecule has 0 radical (unpaired) electrons. The van der Waals surface area contributed by atoms with Gasteiger partial charge in [0.1, 0.15) is 12.2 Å². The molecule has 1 aromatic carbocycles. The number of carboxylic acid groups (broad SMARTS) is 1. The third-order valence-electron chi connectivity index (χ3n) is 3.09. The maximum atomic E-state index is 12.7. The lowest BCUT2D eigenvalue weighted by Gasteiger charge is -2.01. The number of aromatic nitrogens is 4. The van der Waals surface area contributed by atoms with E-state index in [9.17, 15) is 14.0 Å². The molecule has 0 fully saturated rings. The number of fused-ring (bicyclic) bond motifs is 1. The van der Waals surface area contributed by atoms with Crippen molar-refractivity contribution in [3.05, 3.63) is 62.7 Å². The second kappa shape index (κ2) is 8.43. The Kier molecular flexibility index (Phi) is 6.06. The van der Waals surface area contributed by atoms with Crippen molar-refractivity contribution in [3.8, 4) is 11.8 Å². The highest BCUT2D eigenvalue weighted by atomic mass is 19.1. The highest BCUT2D eigenvalue weighted by Crippen LogP contribution is 2.15. The number of carboxylic acids is 1. The Labute approximate surface area is 146 Å². The Morgan fingerprint density at radius 1 is 1.31 bits per heavy atom. The molecule has 0 saturated carbocycles. The largest absolute Gasteiger partial charge is 0.481 e. The van der Waals surface area contributed by atoms with Gasteiger partial charge in [0.25, 0.3) is 11.5 Å². The van der Waals surface area contributed by atoms with Crippen LogP contribution < -0.4 is 11.2 Å². The van der Waals surface area contributed by atoms with Crippen molar-refractivity contribution in [2.45, 2.75) is 13.5 Å². The number of benzene rings is 1. The number of hydrogen-bond donors (Lipinski definition) is 3. The minimum atomic E-state index is -0.833. The van der Waals surface area contributed by atoms with E-state index >= 15 is 0 Å². The zero-order valence-corrected chi connectivity index (χ0v) is 13.7. The molecule has 3 N–H and O–H groups in total. The summed E-state index contributed by atoms with van der Waals surface area (Å²) < 4.78 is 14.4. The molecule has 0 bridgehead atoms. The smallest absolute Gasteiger partial charge is 0.325 e. The van der Waals surface area contributed by atoms with Crippen molar-refractivity contribution in [2.24, 2.45) is 0 Å². The molecule has 2 aromatic heterocycles. The summed E-state index contributed by atoms with van der Waals surface area (Å²) in [5.41, 5.74) is 0.415. The fourth-order valence-corrected chi connectivity index (χ4v) is 2.11. The third-order valence-corrected chi connectivity index (χ3v) is 3.09. The van der Waals surface area contributed by atoms with E-state index in [1.807, 2.05) is 24.3 Å². The molecule has 134 valence electrons. The number of alkyl halides is 1. The SMILES string of the molecule is CC(=O)O.O=c1[nH]cc(C#Cc2nc3ccccc3n2CCF)c(=O)[nH]1. The number of aryl methyl sites for hydroxylation is 1. The minimum Gasteiger partial charge on any atom is -0.481 e. The summed E-state index contributed by atoms with van der Waals surface area (Å²) in [4.78, 5) is 40.3. The summed E-state index contributed by atoms with van der Waals surface area (Å²) in [5.74, 6) is 4.94. The fraction of sp³-hybridized carbons (Fsp3) is 0.176. The number of halogens is 1. The molecular weight excluding hydrogens is 343 g/mol. The number of para-hydroxylation sites is 2. The standard InChI is InChI=1S/C15H11FN4O2.C2H4O2/c16-7-8-20-12-4-2-1-3-11(12)18-13(20)6-5-10-9-17-15(22)19-14(10)21;1-2(3)4/h1-4,9H,7-8H2,(H2,17,19,21,22);1H3,(H,3,4). The first-order valence-electron chi connectivity index (χ1n) is 7.47. The van der Waals surface area contributed by atoms with Crippen LogP contribution in [0.2, 0.25) is 0 Å². The summed E-state index contributed by atoms with van der Waals surface area (Å²) in [5, 5.41) is 7.42. The number of aliphatic carboxylic acids is 1. The van der Waals surface area contributed by atoms with E-state index in [0.29, 0.717) is 11.3 Å². The normalized spacial score (nSPS) is 9.77. The highest BCUT2D eigenvalue weighted by molar-refractivity contribution is 5.76. The lowest BCUT2D eigenvalue weighted by Crippen LogP contribution is -2.23. The van der Waals surface area contributed by atoms with Gasteiger partial charge >= 0.3 is 5.69 Å². The number of imidazole rings is 1. The predicted octanol–water partition coefficient (Wildman–Crippen LogP) is 0.873. The average Bonchev–Trinajstić information content (AvgIpc) is 2.92. The second-order valence-corrected chi connectivity index (χ2v) is 5.02. The van der Waals surface area contributed by atoms with E-state index < -0.39 is 23.9 Å². The summed E-state index contributed by atoms with van der Waals surface area (Å²) in [7, 11) is 0. The Bertz CT molecular complexity index is 1100. The molecular formula is C17H15FN4O4. The van der Waals surface area contributed by atoms with Gasteiger partial charge in [-0.25, -0.2) is 14.2 Å². The van der Waals surface area contributed by atoms with Crippen LogP contribution in [0.15, 0.2) is 40.1 Å². The summed E-state index contributed by atoms with van der Waals surface area (Å²) in [6.07, 6.45) is 1.23. The highest BCUT2D eigenvalue weighted by Gasteiger charge is 2.08. The number of hydrogen-bond acceptors (Lipinski definition) is 4. The first kappa shape index (κ1) is 18.7. The van der Waals surface area contributed by atoms with E-state index in [4.69, 9.17) is 9.90 Å². The van der Waals surface area contributed by atoms with Gasteiger partial charge in [0.05, 0.1) is 17.6 Å². The van der Waals surface area contributed by atoms with Crippen LogP contribution in [-0.4, -0.2) is 37.3 Å². The van der Waals surface area contributed by atoms with Crippen LogP contribution in [0.25, 0.3) is 11.0 Å². The van der Waals surface area contributed by atoms with Crippen LogP contribution in [0.5, 0.6) is 0 Å². The van der Waals surface area contributed by atoms with Gasteiger partial charge in [-0.3, -0.25) is 14.6 Å². The van der Waals surface area contributed by atoms with Gasteiger partial charge in [-0.05, 0) is 18.1 Å². The van der Waals surface area contributed by atoms with Crippen molar-refractivity contribution < 1.29 is 14.3 Å². The van der Waals surface area contributed by atoms with Crippen LogP contribution in [0.3, 0.4) is 0 Å². The molecule has 3 aromatic rings. The molecule has 3 rings (SSSR count). The number of aromatic amines is 2. The molecule has 2 heterocycles. The van der Waals surface area contributed by atoms with Gasteiger partial charge in [-0.15, -0.1) is 0 Å². The predicted molar refractivity (Wildman–Crippen MR) is 92.7 cm³/mol. The monoisotopic (exact) mass is 358 g/mol. The van der Waals surface area contributed by atoms with E-state index in [-0.39, 0.29) is 12.1 Å². The van der Waals surface area contributed by atoms with Gasteiger partial charge in [-0.2, -0.15) is 0 Å². The molecule has 26 heavy (non-hydrogen) atoms. The number of nitrogens with one attached hydrogen (secondary N) is 2. The number of H-pyrrole nitrogens is 2. The quantitative estimate of drug-likeness (QED) is 0.587. The molecule has 0 spiro atoms. The Hall–Kier alpha value is -3.67. The van der Waals surface area contributed by atoms with Crippen LogP contribution in [0.4, 0.5) is 4.39 Å². The van der Waals surface area contributed by atoms with E-state index in [1.54, 1.807) is 4.57 Å². The van der Waals surface area contributed by atoms with Gasteiger partial charge in [-0.1, -0.05) is 18.1 Å². The molecule has 0 aliphatic rings. The first-order valence-corrected chi connectivity index (χ1v) is 7.47. The maximum Gasteiger partial charge on any atom is 0.325 e. The van der Waals surface area contributed by atoms with E-state index in [2.05, 4.69) is 26.8 Å². The Morgan fingerprint density at radius 3 is 2.65 bits per heavy atom. The zero-order valence-electron chi connectivity index (χ0n) is 13.7. The molecule has 9 heteroatoms. The number of carbonyl (C=O) groups is 1. The molecule has 0 amide bonds. The molecule has 0 aliphatic carbocycles. The van der Waals surface area contributed by atoms with Crippen molar-refractivity contribution in [1.29, 1.82) is 0 Å². The van der Waals surface area contributed by atoms with Crippen molar-refractivity contribution >= 4 is 17.0 Å². The Balaban J connectivity index is 0.000000552. The molecule has 0 saturated heterocycles. The number of rotatable bonds is 2. The zero-order chi connectivity index (χ0) is 19.1. The van der Waals surface area contributed by atoms with Crippen LogP contribution in [-0.2, 0) is 11.3 Å². The summed E-state index contributed by atoms with van der Waals surface area (Å²) in [6.45, 7) is 0.667. The molecule has 0 atom stereocenters. The lowest BCUT2D eigenvalue weighted by atomic mass is 10.3. The number of nitrogens with zero attached hydrogens (tertiary/aromatic N) is 2. The first-order chi connectivity index (χ1) is 12.4. The second-order valence-electron chi connectivity index (χ2n) is 5.02. The molecule has 0 unspecified atom stereocenters. The molecule has 0 aliphatic heterocycles. The average molecular weight is 358 g/mol.